The van der Waals surface area contributed by atoms with E-state index in [4.69, 9.17) is 19.4 Å². The summed E-state index contributed by atoms with van der Waals surface area (Å²) in [5.41, 5.74) is 8.83. The van der Waals surface area contributed by atoms with Crippen LogP contribution in [0.15, 0.2) is 180 Å². The number of rotatable bonds is 5. The van der Waals surface area contributed by atoms with Crippen LogP contribution in [0.1, 0.15) is 0 Å². The Labute approximate surface area is 294 Å². The van der Waals surface area contributed by atoms with E-state index < -0.39 is 0 Å². The van der Waals surface area contributed by atoms with Gasteiger partial charge in [-0.1, -0.05) is 152 Å². The van der Waals surface area contributed by atoms with Gasteiger partial charge in [-0.2, -0.15) is 0 Å². The lowest BCUT2D eigenvalue weighted by Gasteiger charge is -2.15. The van der Waals surface area contributed by atoms with Crippen LogP contribution >= 0.6 is 0 Å². The van der Waals surface area contributed by atoms with Crippen LogP contribution in [0, 0.1) is 0 Å². The molecule has 4 nitrogen and oxygen atoms in total. The van der Waals surface area contributed by atoms with Crippen LogP contribution in [-0.2, 0) is 0 Å². The highest BCUT2D eigenvalue weighted by atomic mass is 16.3. The zero-order chi connectivity index (χ0) is 33.7. The molecule has 0 aliphatic heterocycles. The van der Waals surface area contributed by atoms with Gasteiger partial charge in [0.2, 0.25) is 0 Å². The molecule has 0 fully saturated rings. The number of furan rings is 1. The third-order valence-electron chi connectivity index (χ3n) is 9.74. The van der Waals surface area contributed by atoms with Crippen LogP contribution in [0.4, 0.5) is 0 Å². The first-order valence-electron chi connectivity index (χ1n) is 17.1. The van der Waals surface area contributed by atoms with E-state index in [1.807, 2.05) is 18.2 Å². The lowest BCUT2D eigenvalue weighted by Crippen LogP contribution is -2.02. The van der Waals surface area contributed by atoms with Crippen molar-refractivity contribution < 1.29 is 4.42 Å². The van der Waals surface area contributed by atoms with Gasteiger partial charge in [-0.15, -0.1) is 0 Å². The van der Waals surface area contributed by atoms with Crippen molar-refractivity contribution in [3.8, 4) is 56.4 Å². The monoisotopic (exact) mass is 651 g/mol. The molecule has 0 bridgehead atoms. The molecule has 10 aromatic rings. The van der Waals surface area contributed by atoms with E-state index in [0.29, 0.717) is 17.5 Å². The lowest BCUT2D eigenvalue weighted by atomic mass is 9.93. The van der Waals surface area contributed by atoms with Gasteiger partial charge < -0.3 is 4.42 Å². The van der Waals surface area contributed by atoms with Gasteiger partial charge in [0, 0.05) is 27.5 Å². The second-order valence-corrected chi connectivity index (χ2v) is 12.8. The Hall–Kier alpha value is -6.91. The normalized spacial score (nSPS) is 11.5. The molecular formula is C47H29N3O. The predicted octanol–water partition coefficient (Wildman–Crippen LogP) is 12.4. The summed E-state index contributed by atoms with van der Waals surface area (Å²) in [4.78, 5) is 15.8. The van der Waals surface area contributed by atoms with Crippen molar-refractivity contribution >= 4 is 43.5 Å². The van der Waals surface area contributed by atoms with Gasteiger partial charge in [0.25, 0.3) is 0 Å². The Morgan fingerprint density at radius 2 is 0.961 bits per heavy atom. The SMILES string of the molecule is c1ccc(-c2ccc(-c3ccc4oc5ccccc5c4c3-c3nc(-c4ccc5ccccc5c4)nc(-c4cccc5ccccc45)n3)cc2)cc1. The first kappa shape index (κ1) is 29.0. The topological polar surface area (TPSA) is 51.8 Å². The van der Waals surface area contributed by atoms with Crippen molar-refractivity contribution in [3.05, 3.63) is 176 Å². The largest absolute Gasteiger partial charge is 0.456 e. The van der Waals surface area contributed by atoms with Crippen LogP contribution < -0.4 is 0 Å². The number of fused-ring (bicyclic) bond motifs is 5. The molecule has 0 atom stereocenters. The maximum absolute atomic E-state index is 6.45. The first-order valence-corrected chi connectivity index (χ1v) is 17.1. The molecule has 51 heavy (non-hydrogen) atoms. The summed E-state index contributed by atoms with van der Waals surface area (Å²) in [6.45, 7) is 0. The van der Waals surface area contributed by atoms with Crippen molar-refractivity contribution in [2.45, 2.75) is 0 Å². The van der Waals surface area contributed by atoms with Gasteiger partial charge in [0.15, 0.2) is 17.5 Å². The Balaban J connectivity index is 1.27. The number of nitrogens with zero attached hydrogens (tertiary/aromatic N) is 3. The lowest BCUT2D eigenvalue weighted by molar-refractivity contribution is 0.669. The Kier molecular flexibility index (Phi) is 6.78. The predicted molar refractivity (Wildman–Crippen MR) is 209 cm³/mol. The smallest absolute Gasteiger partial charge is 0.165 e. The van der Waals surface area contributed by atoms with Crippen LogP contribution in [0.2, 0.25) is 0 Å². The number of hydrogen-bond donors (Lipinski definition) is 0. The average molecular weight is 652 g/mol. The van der Waals surface area contributed by atoms with Crippen LogP contribution in [-0.4, -0.2) is 15.0 Å². The summed E-state index contributed by atoms with van der Waals surface area (Å²) in [7, 11) is 0. The molecule has 2 aromatic heterocycles. The fourth-order valence-corrected chi connectivity index (χ4v) is 7.25. The molecular weight excluding hydrogens is 623 g/mol. The van der Waals surface area contributed by atoms with Gasteiger partial charge in [0.05, 0.1) is 0 Å². The van der Waals surface area contributed by atoms with Gasteiger partial charge in [-0.3, -0.25) is 0 Å². The number of benzene rings is 8. The Morgan fingerprint density at radius 1 is 0.333 bits per heavy atom. The highest BCUT2D eigenvalue weighted by molar-refractivity contribution is 6.15. The number of para-hydroxylation sites is 1. The van der Waals surface area contributed by atoms with Crippen molar-refractivity contribution in [1.29, 1.82) is 0 Å². The summed E-state index contributed by atoms with van der Waals surface area (Å²) >= 11 is 0. The molecule has 4 heteroatoms. The minimum Gasteiger partial charge on any atom is -0.456 e. The zero-order valence-electron chi connectivity index (χ0n) is 27.5. The van der Waals surface area contributed by atoms with Crippen molar-refractivity contribution in [1.82, 2.24) is 15.0 Å². The van der Waals surface area contributed by atoms with E-state index in [1.54, 1.807) is 0 Å². The second kappa shape index (κ2) is 11.9. The van der Waals surface area contributed by atoms with Crippen molar-refractivity contribution in [2.24, 2.45) is 0 Å². The fraction of sp³-hybridized carbons (Fsp3) is 0. The minimum atomic E-state index is 0.593. The maximum Gasteiger partial charge on any atom is 0.165 e. The molecule has 0 amide bonds. The van der Waals surface area contributed by atoms with Gasteiger partial charge in [-0.05, 0) is 68.1 Å². The van der Waals surface area contributed by atoms with E-state index in [1.165, 1.54) is 10.9 Å². The average Bonchev–Trinajstić information content (AvgIpc) is 3.59. The quantitative estimate of drug-likeness (QED) is 0.186. The van der Waals surface area contributed by atoms with Crippen LogP contribution in [0.5, 0.6) is 0 Å². The van der Waals surface area contributed by atoms with Gasteiger partial charge >= 0.3 is 0 Å². The molecule has 2 heterocycles. The van der Waals surface area contributed by atoms with Gasteiger partial charge in [-0.25, -0.2) is 15.0 Å². The number of hydrogen-bond acceptors (Lipinski definition) is 4. The minimum absolute atomic E-state index is 0.593. The Bertz CT molecular complexity index is 2900. The summed E-state index contributed by atoms with van der Waals surface area (Å²) in [5, 5.41) is 6.52. The second-order valence-electron chi connectivity index (χ2n) is 12.8. The van der Waals surface area contributed by atoms with E-state index in [0.717, 1.165) is 71.5 Å². The molecule has 0 N–H and O–H groups in total. The molecule has 0 spiro atoms. The highest BCUT2D eigenvalue weighted by Gasteiger charge is 2.22. The molecule has 0 saturated heterocycles. The van der Waals surface area contributed by atoms with Crippen molar-refractivity contribution in [3.63, 3.8) is 0 Å². The van der Waals surface area contributed by atoms with Crippen molar-refractivity contribution in [2.75, 3.05) is 0 Å². The first-order chi connectivity index (χ1) is 25.3. The van der Waals surface area contributed by atoms with Gasteiger partial charge in [0.1, 0.15) is 11.2 Å². The summed E-state index contributed by atoms with van der Waals surface area (Å²) in [6, 6.07) is 61.0. The fourth-order valence-electron chi connectivity index (χ4n) is 7.25. The third-order valence-corrected chi connectivity index (χ3v) is 9.74. The standard InChI is InChI=1S/C47H29N3O/c1-2-11-30(12-3-1)32-21-24-34(25-22-32)38-27-28-42-43(40-18-8-9-20-41(40)51-42)44(38)47-49-45(36-26-23-31-13-4-5-15-35(31)29-36)48-46(50-47)39-19-10-16-33-14-6-7-17-37(33)39/h1-29H. The molecule has 0 saturated carbocycles. The molecule has 238 valence electrons. The third kappa shape index (κ3) is 5.04. The maximum atomic E-state index is 6.45. The zero-order valence-corrected chi connectivity index (χ0v) is 27.5. The molecule has 10 rings (SSSR count). The van der Waals surface area contributed by atoms with Crippen LogP contribution in [0.3, 0.4) is 0 Å². The summed E-state index contributed by atoms with van der Waals surface area (Å²) in [6.07, 6.45) is 0. The van der Waals surface area contributed by atoms with E-state index >= 15 is 0 Å². The summed E-state index contributed by atoms with van der Waals surface area (Å²) in [5.74, 6) is 1.83. The van der Waals surface area contributed by atoms with Crippen LogP contribution in [0.25, 0.3) is 99.9 Å². The molecule has 8 aromatic carbocycles. The van der Waals surface area contributed by atoms with E-state index in [2.05, 4.69) is 158 Å². The molecule has 0 aliphatic carbocycles. The van der Waals surface area contributed by atoms with E-state index in [9.17, 15) is 0 Å². The molecule has 0 aliphatic rings. The summed E-state index contributed by atoms with van der Waals surface area (Å²) < 4.78 is 6.45. The van der Waals surface area contributed by atoms with E-state index in [-0.39, 0.29) is 0 Å². The Morgan fingerprint density at radius 3 is 1.82 bits per heavy atom. The highest BCUT2D eigenvalue weighted by Crippen LogP contribution is 2.43. The molecule has 0 unspecified atom stereocenters. The number of aromatic nitrogens is 3. The molecule has 0 radical (unpaired) electrons.